The van der Waals surface area contributed by atoms with Crippen LogP contribution in [0, 0.1) is 0 Å². The van der Waals surface area contributed by atoms with E-state index in [1.165, 1.54) is 6.26 Å². The fourth-order valence-electron chi connectivity index (χ4n) is 3.19. The summed E-state index contributed by atoms with van der Waals surface area (Å²) >= 11 is 0. The van der Waals surface area contributed by atoms with Gasteiger partial charge in [-0.15, -0.1) is 0 Å². The summed E-state index contributed by atoms with van der Waals surface area (Å²) in [7, 11) is 0. The highest BCUT2D eigenvalue weighted by atomic mass is 16.7. The van der Waals surface area contributed by atoms with E-state index in [1.54, 1.807) is 21.9 Å². The number of piperazine rings is 1. The predicted molar refractivity (Wildman–Crippen MR) is 95.9 cm³/mol. The van der Waals surface area contributed by atoms with Gasteiger partial charge in [-0.2, -0.15) is 0 Å². The van der Waals surface area contributed by atoms with E-state index in [0.29, 0.717) is 44.9 Å². The van der Waals surface area contributed by atoms with Gasteiger partial charge in [0.15, 0.2) is 17.3 Å². The van der Waals surface area contributed by atoms with Crippen LogP contribution in [0.4, 0.5) is 4.79 Å². The van der Waals surface area contributed by atoms with Crippen LogP contribution in [0.1, 0.15) is 16.1 Å². The minimum Gasteiger partial charge on any atom is -0.459 e. The molecule has 8 heteroatoms. The molecule has 1 N–H and O–H groups in total. The van der Waals surface area contributed by atoms with E-state index >= 15 is 0 Å². The minimum absolute atomic E-state index is 0.110. The number of hydrogen-bond acceptors (Lipinski definition) is 5. The molecule has 0 aliphatic carbocycles. The zero-order valence-electron chi connectivity index (χ0n) is 14.8. The quantitative estimate of drug-likeness (QED) is 0.885. The Labute approximate surface area is 156 Å². The van der Waals surface area contributed by atoms with E-state index in [2.05, 4.69) is 5.32 Å². The lowest BCUT2D eigenvalue weighted by atomic mass is 10.1. The topological polar surface area (TPSA) is 84.3 Å². The predicted octanol–water partition coefficient (Wildman–Crippen LogP) is 1.72. The fraction of sp³-hybridized carbons (Fsp3) is 0.368. The van der Waals surface area contributed by atoms with Crippen LogP contribution in [0.15, 0.2) is 41.0 Å². The molecule has 2 aliphatic rings. The maximum absolute atomic E-state index is 12.3. The van der Waals surface area contributed by atoms with Gasteiger partial charge in [0, 0.05) is 32.7 Å². The molecule has 1 aromatic carbocycles. The van der Waals surface area contributed by atoms with Crippen molar-refractivity contribution in [3.63, 3.8) is 0 Å². The Balaban J connectivity index is 1.21. The molecule has 0 bridgehead atoms. The number of urea groups is 1. The SMILES string of the molecule is O=C(NCCc1ccc2c(c1)OCO2)N1CCN(C(=O)c2ccco2)CC1. The van der Waals surface area contributed by atoms with Crippen molar-refractivity contribution in [3.05, 3.63) is 47.9 Å². The molecule has 1 fully saturated rings. The lowest BCUT2D eigenvalue weighted by Gasteiger charge is -2.34. The first-order valence-corrected chi connectivity index (χ1v) is 8.95. The summed E-state index contributed by atoms with van der Waals surface area (Å²) in [5.41, 5.74) is 1.08. The van der Waals surface area contributed by atoms with Crippen LogP contribution in [0.5, 0.6) is 11.5 Å². The Hall–Kier alpha value is -3.16. The fourth-order valence-corrected chi connectivity index (χ4v) is 3.19. The lowest BCUT2D eigenvalue weighted by Crippen LogP contribution is -2.53. The zero-order valence-corrected chi connectivity index (χ0v) is 14.8. The molecule has 4 rings (SSSR count). The first-order chi connectivity index (χ1) is 13.2. The largest absolute Gasteiger partial charge is 0.459 e. The average molecular weight is 371 g/mol. The standard InChI is InChI=1S/C19H21N3O5/c23-18(16-2-1-11-25-16)21-7-9-22(10-8-21)19(24)20-6-5-14-3-4-15-17(12-14)27-13-26-15/h1-4,11-12H,5-10,13H2,(H,20,24). The molecule has 3 amide bonds. The van der Waals surface area contributed by atoms with Gasteiger partial charge in [-0.25, -0.2) is 4.79 Å². The van der Waals surface area contributed by atoms with Crippen molar-refractivity contribution in [2.45, 2.75) is 6.42 Å². The van der Waals surface area contributed by atoms with Crippen LogP contribution >= 0.6 is 0 Å². The number of hydrogen-bond donors (Lipinski definition) is 1. The van der Waals surface area contributed by atoms with Crippen LogP contribution in [0.25, 0.3) is 0 Å². The maximum atomic E-state index is 12.3. The Morgan fingerprint density at radius 3 is 2.56 bits per heavy atom. The molecule has 27 heavy (non-hydrogen) atoms. The molecule has 8 nitrogen and oxygen atoms in total. The third-order valence-electron chi connectivity index (χ3n) is 4.71. The number of ether oxygens (including phenoxy) is 2. The number of carbonyl (C=O) groups excluding carboxylic acids is 2. The molecule has 2 aromatic rings. The Bertz CT molecular complexity index is 813. The number of rotatable bonds is 4. The summed E-state index contributed by atoms with van der Waals surface area (Å²) in [6, 6.07) is 9.02. The molecular formula is C19H21N3O5. The van der Waals surface area contributed by atoms with Crippen LogP contribution in [0.2, 0.25) is 0 Å². The number of fused-ring (bicyclic) bond motifs is 1. The van der Waals surface area contributed by atoms with E-state index < -0.39 is 0 Å². The monoisotopic (exact) mass is 371 g/mol. The molecule has 0 spiro atoms. The van der Waals surface area contributed by atoms with E-state index in [0.717, 1.165) is 17.1 Å². The first kappa shape index (κ1) is 17.3. The zero-order chi connectivity index (χ0) is 18.6. The van der Waals surface area contributed by atoms with Gasteiger partial charge >= 0.3 is 6.03 Å². The Morgan fingerprint density at radius 2 is 1.78 bits per heavy atom. The highest BCUT2D eigenvalue weighted by molar-refractivity contribution is 5.91. The molecule has 142 valence electrons. The second-order valence-electron chi connectivity index (χ2n) is 6.43. The number of furan rings is 1. The van der Waals surface area contributed by atoms with E-state index in [-0.39, 0.29) is 18.7 Å². The van der Waals surface area contributed by atoms with Crippen molar-refractivity contribution in [2.75, 3.05) is 39.5 Å². The van der Waals surface area contributed by atoms with E-state index in [9.17, 15) is 9.59 Å². The number of carbonyl (C=O) groups is 2. The van der Waals surface area contributed by atoms with Gasteiger partial charge in [0.25, 0.3) is 5.91 Å². The van der Waals surface area contributed by atoms with Gasteiger partial charge in [0.05, 0.1) is 6.26 Å². The molecule has 1 saturated heterocycles. The second kappa shape index (κ2) is 7.61. The third-order valence-corrected chi connectivity index (χ3v) is 4.71. The van der Waals surface area contributed by atoms with Crippen LogP contribution in [0.3, 0.4) is 0 Å². The van der Waals surface area contributed by atoms with Crippen molar-refractivity contribution >= 4 is 11.9 Å². The number of nitrogens with one attached hydrogen (secondary N) is 1. The van der Waals surface area contributed by atoms with Gasteiger partial charge in [0.2, 0.25) is 6.79 Å². The summed E-state index contributed by atoms with van der Waals surface area (Å²) in [6.07, 6.45) is 2.19. The van der Waals surface area contributed by atoms with Gasteiger partial charge in [-0.05, 0) is 36.2 Å². The lowest BCUT2D eigenvalue weighted by molar-refractivity contribution is 0.0634. The molecule has 1 aromatic heterocycles. The van der Waals surface area contributed by atoms with Crippen LogP contribution in [-0.4, -0.2) is 61.3 Å². The Morgan fingerprint density at radius 1 is 1.00 bits per heavy atom. The van der Waals surface area contributed by atoms with Crippen molar-refractivity contribution in [1.29, 1.82) is 0 Å². The number of amides is 3. The van der Waals surface area contributed by atoms with Gasteiger partial charge in [-0.1, -0.05) is 6.07 Å². The first-order valence-electron chi connectivity index (χ1n) is 8.95. The van der Waals surface area contributed by atoms with E-state index in [4.69, 9.17) is 13.9 Å². The number of benzene rings is 1. The van der Waals surface area contributed by atoms with Crippen molar-refractivity contribution < 1.29 is 23.5 Å². The summed E-state index contributed by atoms with van der Waals surface area (Å²) in [6.45, 7) is 2.78. The highest BCUT2D eigenvalue weighted by Crippen LogP contribution is 2.32. The normalized spacial score (nSPS) is 15.7. The average Bonchev–Trinajstić information content (AvgIpc) is 3.39. The Kier molecular flexibility index (Phi) is 4.86. The minimum atomic E-state index is -0.136. The third kappa shape index (κ3) is 3.84. The number of nitrogens with zero attached hydrogens (tertiary/aromatic N) is 2. The molecule has 2 aliphatic heterocycles. The molecule has 0 atom stereocenters. The summed E-state index contributed by atoms with van der Waals surface area (Å²) in [4.78, 5) is 28.0. The molecule has 3 heterocycles. The maximum Gasteiger partial charge on any atom is 0.317 e. The molecule has 0 saturated carbocycles. The molecule has 0 unspecified atom stereocenters. The summed E-state index contributed by atoms with van der Waals surface area (Å²) in [5, 5.41) is 2.93. The highest BCUT2D eigenvalue weighted by Gasteiger charge is 2.25. The summed E-state index contributed by atoms with van der Waals surface area (Å²) < 4.78 is 15.8. The molecular weight excluding hydrogens is 350 g/mol. The van der Waals surface area contributed by atoms with Crippen molar-refractivity contribution in [2.24, 2.45) is 0 Å². The second-order valence-corrected chi connectivity index (χ2v) is 6.43. The van der Waals surface area contributed by atoms with Crippen molar-refractivity contribution in [3.8, 4) is 11.5 Å². The van der Waals surface area contributed by atoms with Crippen LogP contribution < -0.4 is 14.8 Å². The van der Waals surface area contributed by atoms with Gasteiger partial charge < -0.3 is 29.0 Å². The van der Waals surface area contributed by atoms with Gasteiger partial charge in [0.1, 0.15) is 0 Å². The van der Waals surface area contributed by atoms with Crippen molar-refractivity contribution in [1.82, 2.24) is 15.1 Å². The smallest absolute Gasteiger partial charge is 0.317 e. The van der Waals surface area contributed by atoms with E-state index in [1.807, 2.05) is 18.2 Å². The van der Waals surface area contributed by atoms with Gasteiger partial charge in [-0.3, -0.25) is 4.79 Å². The summed E-state index contributed by atoms with van der Waals surface area (Å²) in [5.74, 6) is 1.69. The van der Waals surface area contributed by atoms with Crippen LogP contribution in [-0.2, 0) is 6.42 Å². The molecule has 0 radical (unpaired) electrons.